The van der Waals surface area contributed by atoms with Gasteiger partial charge in [0.15, 0.2) is 0 Å². The predicted molar refractivity (Wildman–Crippen MR) is 133 cm³/mol. The molecule has 2 aliphatic heterocycles. The van der Waals surface area contributed by atoms with Crippen LogP contribution in [0.2, 0.25) is 0 Å². The number of alkyl halides is 3. The van der Waals surface area contributed by atoms with Crippen molar-refractivity contribution in [2.45, 2.75) is 49.2 Å². The molecule has 0 aliphatic carbocycles. The third kappa shape index (κ3) is 8.26. The van der Waals surface area contributed by atoms with Crippen molar-refractivity contribution in [2.24, 2.45) is 0 Å². The smallest absolute Gasteiger partial charge is 0.478 e. The Labute approximate surface area is 222 Å². The summed E-state index contributed by atoms with van der Waals surface area (Å²) in [4.78, 5) is 29.3. The van der Waals surface area contributed by atoms with E-state index in [1.807, 2.05) is 4.90 Å². The zero-order chi connectivity index (χ0) is 28.8. The Morgan fingerprint density at radius 3 is 2.15 bits per heavy atom. The zero-order valence-corrected chi connectivity index (χ0v) is 21.5. The molecule has 0 saturated carbocycles. The molecule has 3 N–H and O–H groups in total. The van der Waals surface area contributed by atoms with Crippen LogP contribution in [0.3, 0.4) is 0 Å². The lowest BCUT2D eigenvalue weighted by Gasteiger charge is -2.40. The summed E-state index contributed by atoms with van der Waals surface area (Å²) < 4.78 is 72.5. The molecule has 0 spiro atoms. The average molecular weight is 577 g/mol. The molecular weight excluding hydrogens is 548 g/mol. The fourth-order valence-electron chi connectivity index (χ4n) is 4.50. The van der Waals surface area contributed by atoms with Gasteiger partial charge in [0.25, 0.3) is 10.0 Å². The van der Waals surface area contributed by atoms with Crippen molar-refractivity contribution in [3.8, 4) is 0 Å². The van der Waals surface area contributed by atoms with Crippen LogP contribution in [0.25, 0.3) is 0 Å². The van der Waals surface area contributed by atoms with Gasteiger partial charge in [-0.2, -0.15) is 13.2 Å². The van der Waals surface area contributed by atoms with Gasteiger partial charge in [-0.05, 0) is 63.0 Å². The summed E-state index contributed by atoms with van der Waals surface area (Å²) in [5.74, 6) is -4.28. The number of aromatic carboxylic acids is 1. The molecule has 2 saturated heterocycles. The van der Waals surface area contributed by atoms with Crippen molar-refractivity contribution in [3.63, 3.8) is 0 Å². The number of nitrogens with zero attached hydrogens (tertiary/aromatic N) is 3. The summed E-state index contributed by atoms with van der Waals surface area (Å²) in [7, 11) is -4.08. The standard InChI is InChI=1S/C22H27FN4O4S.C2HF3O2/c23-16-5-4-6-19(13-16)32(30,31)25-17-14-20(22(28)29)21(24-15-17)27-11-7-18(8-12-27)26-9-2-1-3-10-26;3-2(4,5)1(6)7/h4-6,13-15,18,25H,1-3,7-12H2,(H,28,29);(H,6,7). The van der Waals surface area contributed by atoms with Crippen molar-refractivity contribution in [2.75, 3.05) is 35.8 Å². The van der Waals surface area contributed by atoms with E-state index in [0.29, 0.717) is 24.9 Å². The number of rotatable bonds is 6. The van der Waals surface area contributed by atoms with E-state index >= 15 is 0 Å². The van der Waals surface area contributed by atoms with E-state index < -0.39 is 34.0 Å². The fraction of sp³-hybridized carbons (Fsp3) is 0.458. The largest absolute Gasteiger partial charge is 0.490 e. The maximum atomic E-state index is 13.4. The number of anilines is 2. The van der Waals surface area contributed by atoms with Gasteiger partial charge in [0.05, 0.1) is 16.8 Å². The van der Waals surface area contributed by atoms with Crippen molar-refractivity contribution in [1.29, 1.82) is 0 Å². The highest BCUT2D eigenvalue weighted by Crippen LogP contribution is 2.28. The summed E-state index contributed by atoms with van der Waals surface area (Å²) in [5.41, 5.74) is -0.0560. The first-order valence-corrected chi connectivity index (χ1v) is 13.6. The van der Waals surface area contributed by atoms with Crippen LogP contribution in [-0.2, 0) is 14.8 Å². The highest BCUT2D eigenvalue weighted by atomic mass is 32.2. The first-order valence-electron chi connectivity index (χ1n) is 12.1. The molecule has 10 nitrogen and oxygen atoms in total. The number of carbonyl (C=O) groups is 2. The number of halogens is 4. The Morgan fingerprint density at radius 2 is 1.62 bits per heavy atom. The monoisotopic (exact) mass is 576 g/mol. The van der Waals surface area contributed by atoms with E-state index in [0.717, 1.165) is 38.1 Å². The van der Waals surface area contributed by atoms with Crippen molar-refractivity contribution < 1.29 is 45.8 Å². The van der Waals surface area contributed by atoms with Gasteiger partial charge in [0.2, 0.25) is 0 Å². The molecule has 3 heterocycles. The number of aliphatic carboxylic acids is 1. The lowest BCUT2D eigenvalue weighted by atomic mass is 9.99. The zero-order valence-electron chi connectivity index (χ0n) is 20.7. The Hall–Kier alpha value is -3.46. The second kappa shape index (κ2) is 12.6. The van der Waals surface area contributed by atoms with Gasteiger partial charge in [-0.1, -0.05) is 12.5 Å². The summed E-state index contributed by atoms with van der Waals surface area (Å²) >= 11 is 0. The highest BCUT2D eigenvalue weighted by Gasteiger charge is 2.38. The van der Waals surface area contributed by atoms with Gasteiger partial charge in [-0.25, -0.2) is 27.4 Å². The normalized spacial score (nSPS) is 17.2. The van der Waals surface area contributed by atoms with E-state index in [1.165, 1.54) is 43.7 Å². The predicted octanol–water partition coefficient (Wildman–Crippen LogP) is 3.81. The van der Waals surface area contributed by atoms with Gasteiger partial charge in [-0.15, -0.1) is 0 Å². The van der Waals surface area contributed by atoms with Crippen molar-refractivity contribution in [3.05, 3.63) is 47.9 Å². The topological polar surface area (TPSA) is 140 Å². The quantitative estimate of drug-likeness (QED) is 0.438. The number of hydrogen-bond donors (Lipinski definition) is 3. The molecule has 2 aliphatic rings. The SMILES string of the molecule is O=C(O)C(F)(F)F.O=C(O)c1cc(NS(=O)(=O)c2cccc(F)c2)cnc1N1CCC(N2CCCCC2)CC1. The molecule has 2 fully saturated rings. The highest BCUT2D eigenvalue weighted by molar-refractivity contribution is 7.92. The molecule has 15 heteroatoms. The number of piperidine rings is 2. The van der Waals surface area contributed by atoms with Gasteiger partial charge in [-0.3, -0.25) is 4.72 Å². The minimum Gasteiger partial charge on any atom is -0.478 e. The third-order valence-corrected chi connectivity index (χ3v) is 7.75. The maximum Gasteiger partial charge on any atom is 0.490 e. The molecule has 1 aromatic heterocycles. The Bertz CT molecular complexity index is 1280. The Morgan fingerprint density at radius 1 is 1.00 bits per heavy atom. The number of carboxylic acids is 2. The van der Waals surface area contributed by atoms with Gasteiger partial charge in [0, 0.05) is 19.1 Å². The summed E-state index contributed by atoms with van der Waals surface area (Å²) in [6, 6.07) is 6.37. The molecule has 0 atom stereocenters. The summed E-state index contributed by atoms with van der Waals surface area (Å²) in [5, 5.41) is 16.9. The fourth-order valence-corrected chi connectivity index (χ4v) is 5.56. The lowest BCUT2D eigenvalue weighted by molar-refractivity contribution is -0.192. The Kier molecular flexibility index (Phi) is 9.72. The minimum absolute atomic E-state index is 0.0126. The molecule has 2 aromatic rings. The number of pyridine rings is 1. The van der Waals surface area contributed by atoms with Crippen molar-refractivity contribution in [1.82, 2.24) is 9.88 Å². The van der Waals surface area contributed by atoms with Crippen LogP contribution in [-0.4, -0.2) is 78.9 Å². The van der Waals surface area contributed by atoms with Gasteiger partial charge in [0.1, 0.15) is 17.2 Å². The molecule has 0 radical (unpaired) electrons. The number of carboxylic acid groups (broad SMARTS) is 2. The summed E-state index contributed by atoms with van der Waals surface area (Å²) in [6.45, 7) is 3.65. The third-order valence-electron chi connectivity index (χ3n) is 6.37. The number of hydrogen-bond acceptors (Lipinski definition) is 7. The number of nitrogens with one attached hydrogen (secondary N) is 1. The maximum absolute atomic E-state index is 13.4. The van der Waals surface area contributed by atoms with Crippen LogP contribution in [0.4, 0.5) is 29.1 Å². The van der Waals surface area contributed by atoms with E-state index in [2.05, 4.69) is 14.6 Å². The van der Waals surface area contributed by atoms with E-state index in [9.17, 15) is 35.9 Å². The Balaban J connectivity index is 0.000000532. The minimum atomic E-state index is -5.08. The van der Waals surface area contributed by atoms with Gasteiger partial charge < -0.3 is 20.0 Å². The van der Waals surface area contributed by atoms with E-state index in [1.54, 1.807) is 0 Å². The van der Waals surface area contributed by atoms with E-state index in [-0.39, 0.29) is 16.1 Å². The first kappa shape index (κ1) is 30.1. The van der Waals surface area contributed by atoms with Crippen molar-refractivity contribution >= 4 is 33.5 Å². The van der Waals surface area contributed by atoms with Crippen LogP contribution < -0.4 is 9.62 Å². The number of aromatic nitrogens is 1. The van der Waals surface area contributed by atoms with Gasteiger partial charge >= 0.3 is 18.1 Å². The second-order valence-corrected chi connectivity index (χ2v) is 10.8. The molecule has 39 heavy (non-hydrogen) atoms. The van der Waals surface area contributed by atoms with Crippen LogP contribution in [0.5, 0.6) is 0 Å². The molecule has 1 aromatic carbocycles. The van der Waals surface area contributed by atoms with Crippen LogP contribution in [0.1, 0.15) is 42.5 Å². The van der Waals surface area contributed by atoms with Crippen LogP contribution >= 0.6 is 0 Å². The molecule has 0 unspecified atom stereocenters. The van der Waals surface area contributed by atoms with Crippen LogP contribution in [0, 0.1) is 5.82 Å². The summed E-state index contributed by atoms with van der Waals surface area (Å²) in [6.07, 6.45) is 1.85. The molecule has 0 amide bonds. The second-order valence-electron chi connectivity index (χ2n) is 9.08. The lowest BCUT2D eigenvalue weighted by Crippen LogP contribution is -2.47. The average Bonchev–Trinajstić information content (AvgIpc) is 2.89. The first-order chi connectivity index (χ1) is 18.3. The molecule has 0 bridgehead atoms. The molecular formula is C24H28F4N4O6S. The van der Waals surface area contributed by atoms with E-state index in [4.69, 9.17) is 9.90 Å². The number of sulfonamides is 1. The number of likely N-dealkylation sites (tertiary alicyclic amines) is 1. The number of benzene rings is 1. The van der Waals surface area contributed by atoms with Crippen LogP contribution in [0.15, 0.2) is 41.4 Å². The molecule has 4 rings (SSSR count). The molecule has 214 valence electrons.